The van der Waals surface area contributed by atoms with E-state index < -0.39 is 35.8 Å². The van der Waals surface area contributed by atoms with Gasteiger partial charge in [0.2, 0.25) is 17.7 Å². The largest absolute Gasteiger partial charge is 0.361 e. The molecule has 0 spiro atoms. The van der Waals surface area contributed by atoms with Crippen LogP contribution in [0.5, 0.6) is 0 Å². The molecule has 46 heavy (non-hydrogen) atoms. The molecule has 5 rings (SSSR count). The highest BCUT2D eigenvalue weighted by molar-refractivity contribution is 7.99. The Morgan fingerprint density at radius 3 is 2.48 bits per heavy atom. The molecule has 0 fully saturated rings. The minimum absolute atomic E-state index is 0.0837. The Balaban J connectivity index is 1.53. The zero-order valence-electron chi connectivity index (χ0n) is 24.9. The molecule has 3 heterocycles. The van der Waals surface area contributed by atoms with Gasteiger partial charge in [0.05, 0.1) is 11.1 Å². The van der Waals surface area contributed by atoms with Gasteiger partial charge in [0.15, 0.2) is 0 Å². The van der Waals surface area contributed by atoms with Gasteiger partial charge in [-0.05, 0) is 60.3 Å². The van der Waals surface area contributed by atoms with E-state index in [1.54, 1.807) is 18.3 Å². The van der Waals surface area contributed by atoms with Crippen LogP contribution in [-0.2, 0) is 33.9 Å². The van der Waals surface area contributed by atoms with E-state index in [2.05, 4.69) is 31.2 Å². The van der Waals surface area contributed by atoms with Crippen LogP contribution in [0.15, 0.2) is 70.8 Å². The highest BCUT2D eigenvalue weighted by Gasteiger charge is 2.29. The average Bonchev–Trinajstić information content (AvgIpc) is 3.46. The van der Waals surface area contributed by atoms with Crippen molar-refractivity contribution >= 4 is 63.6 Å². The molecule has 2 aromatic heterocycles. The van der Waals surface area contributed by atoms with Crippen LogP contribution in [0, 0.1) is 0 Å². The molecule has 1 aliphatic heterocycles. The van der Waals surface area contributed by atoms with Crippen molar-refractivity contribution < 1.29 is 14.4 Å². The smallest absolute Gasteiger partial charge is 0.244 e. The third kappa shape index (κ3) is 8.19. The quantitative estimate of drug-likeness (QED) is 0.162. The Kier molecular flexibility index (Phi) is 11.6. The van der Waals surface area contributed by atoms with Crippen LogP contribution in [0.25, 0.3) is 10.9 Å². The van der Waals surface area contributed by atoms with Gasteiger partial charge in [0.25, 0.3) is 0 Å². The van der Waals surface area contributed by atoms with Gasteiger partial charge in [0.1, 0.15) is 17.1 Å². The van der Waals surface area contributed by atoms with Gasteiger partial charge < -0.3 is 37.7 Å². The lowest BCUT2D eigenvalue weighted by molar-refractivity contribution is -0.132. The molecule has 3 atom stereocenters. The van der Waals surface area contributed by atoms with Crippen LogP contribution in [0.3, 0.4) is 0 Å². The maximum Gasteiger partial charge on any atom is 0.244 e. The van der Waals surface area contributed by atoms with Crippen molar-refractivity contribution in [1.82, 2.24) is 31.2 Å². The first-order valence-electron chi connectivity index (χ1n) is 14.9. The number of carbonyl (C=O) groups is 3. The summed E-state index contributed by atoms with van der Waals surface area (Å²) in [5, 5.41) is 14.3. The molecule has 0 saturated carbocycles. The molecule has 1 aliphatic rings. The summed E-state index contributed by atoms with van der Waals surface area (Å²) >= 11 is 14.4. The van der Waals surface area contributed by atoms with E-state index in [1.165, 1.54) is 11.8 Å². The Hall–Kier alpha value is -3.65. The van der Waals surface area contributed by atoms with Gasteiger partial charge in [-0.15, -0.1) is 0 Å². The average molecular weight is 684 g/mol. The Morgan fingerprint density at radius 1 is 0.891 bits per heavy atom. The Bertz CT molecular complexity index is 1720. The summed E-state index contributed by atoms with van der Waals surface area (Å²) in [5.41, 5.74) is 15.0. The lowest BCUT2D eigenvalue weighted by atomic mass is 10.0. The van der Waals surface area contributed by atoms with Crippen LogP contribution in [0.1, 0.15) is 29.5 Å². The number of fused-ring (bicyclic) bond motifs is 3. The minimum Gasteiger partial charge on any atom is -0.361 e. The van der Waals surface area contributed by atoms with E-state index in [9.17, 15) is 14.4 Å². The van der Waals surface area contributed by atoms with Gasteiger partial charge in [-0.2, -0.15) is 0 Å². The van der Waals surface area contributed by atoms with Crippen molar-refractivity contribution in [2.75, 3.05) is 13.1 Å². The number of hydrogen-bond donors (Lipinski definition) is 7. The first kappa shape index (κ1) is 33.7. The van der Waals surface area contributed by atoms with E-state index in [0.717, 1.165) is 22.0 Å². The Labute approximate surface area is 280 Å². The lowest BCUT2D eigenvalue weighted by Gasteiger charge is -2.25. The fourth-order valence-corrected chi connectivity index (χ4v) is 6.95. The third-order valence-electron chi connectivity index (χ3n) is 7.74. The number of nitrogens with one attached hydrogen (secondary N) is 5. The third-order valence-corrected chi connectivity index (χ3v) is 9.62. The number of aromatic nitrogens is 2. The second-order valence-corrected chi connectivity index (χ2v) is 12.8. The summed E-state index contributed by atoms with van der Waals surface area (Å²) in [4.78, 5) is 49.4. The molecule has 0 saturated heterocycles. The molecular formula is C32H36Cl2N8O3S. The second-order valence-electron chi connectivity index (χ2n) is 10.9. The Morgan fingerprint density at radius 2 is 1.67 bits per heavy atom. The molecule has 0 radical (unpaired) electrons. The van der Waals surface area contributed by atoms with Gasteiger partial charge in [0, 0.05) is 59.3 Å². The van der Waals surface area contributed by atoms with Crippen LogP contribution >= 0.6 is 35.0 Å². The van der Waals surface area contributed by atoms with E-state index in [-0.39, 0.29) is 19.5 Å². The molecule has 11 nitrogen and oxygen atoms in total. The topological polar surface area (TPSA) is 180 Å². The number of rotatable bonds is 6. The fourth-order valence-electron chi connectivity index (χ4n) is 5.30. The number of para-hydroxylation sites is 1. The SMILES string of the molecule is NCCC[C@@H]1NCc2cccnc2Sc2c(Cl)cc(Cl)cc2CNC(=O)[C@H](Cc2c[nH]c3ccccc23)NC(=O)[C@H](CN)NC1=O. The zero-order chi connectivity index (χ0) is 32.6. The lowest BCUT2D eigenvalue weighted by Crippen LogP contribution is -2.58. The highest BCUT2D eigenvalue weighted by Crippen LogP contribution is 2.38. The maximum atomic E-state index is 13.8. The molecule has 242 valence electrons. The van der Waals surface area contributed by atoms with Gasteiger partial charge in [-0.25, -0.2) is 4.98 Å². The monoisotopic (exact) mass is 682 g/mol. The van der Waals surface area contributed by atoms with E-state index in [4.69, 9.17) is 34.7 Å². The second kappa shape index (κ2) is 15.8. The molecule has 0 aliphatic carbocycles. The summed E-state index contributed by atoms with van der Waals surface area (Å²) in [6.45, 7) is 0.613. The van der Waals surface area contributed by atoms with Crippen LogP contribution in [-0.4, -0.2) is 58.9 Å². The standard InChI is InChI=1S/C32H36Cl2N8O3S/c33-21-11-20-17-40-29(43)26(12-19-16-38-24-7-2-1-6-22(19)24)41-31(45)27(14-36)42-30(44)25(8-3-9-35)39-15-18-5-4-10-37-32(18)46-28(20)23(34)13-21/h1-2,4-7,10-11,13,16,25-27,38-39H,3,8-9,12,14-15,17,35-36H2,(H,40,43)(H,41,45)(H,42,44)/t25-,26-,27-/m0/s1. The first-order valence-corrected chi connectivity index (χ1v) is 16.5. The van der Waals surface area contributed by atoms with Crippen molar-refractivity contribution in [2.24, 2.45) is 11.5 Å². The summed E-state index contributed by atoms with van der Waals surface area (Å²) in [6, 6.07) is 12.1. The molecule has 0 unspecified atom stereocenters. The molecule has 4 aromatic rings. The van der Waals surface area contributed by atoms with Crippen molar-refractivity contribution in [3.05, 3.63) is 87.7 Å². The van der Waals surface area contributed by atoms with E-state index in [1.807, 2.05) is 42.6 Å². The predicted octanol–water partition coefficient (Wildman–Crippen LogP) is 3.02. The van der Waals surface area contributed by atoms with Crippen LogP contribution in [0.2, 0.25) is 10.0 Å². The molecule has 14 heteroatoms. The highest BCUT2D eigenvalue weighted by atomic mass is 35.5. The molecule has 3 amide bonds. The summed E-state index contributed by atoms with van der Waals surface area (Å²) in [5.74, 6) is -1.41. The normalized spacial score (nSPS) is 19.8. The summed E-state index contributed by atoms with van der Waals surface area (Å²) in [7, 11) is 0. The zero-order valence-corrected chi connectivity index (χ0v) is 27.3. The molecule has 2 aromatic carbocycles. The van der Waals surface area contributed by atoms with Gasteiger partial charge in [-0.3, -0.25) is 14.4 Å². The number of pyridine rings is 1. The number of nitrogens with zero attached hydrogens (tertiary/aromatic N) is 1. The molecule has 0 bridgehead atoms. The van der Waals surface area contributed by atoms with Crippen molar-refractivity contribution in [3.8, 4) is 0 Å². The van der Waals surface area contributed by atoms with Crippen LogP contribution in [0.4, 0.5) is 0 Å². The predicted molar refractivity (Wildman–Crippen MR) is 181 cm³/mol. The number of nitrogens with two attached hydrogens (primary N) is 2. The first-order chi connectivity index (χ1) is 22.3. The number of H-pyrrole nitrogens is 1. The molecule has 9 N–H and O–H groups in total. The van der Waals surface area contributed by atoms with E-state index >= 15 is 0 Å². The number of benzene rings is 2. The summed E-state index contributed by atoms with van der Waals surface area (Å²) < 4.78 is 0. The van der Waals surface area contributed by atoms with Gasteiger partial charge in [-0.1, -0.05) is 59.2 Å². The van der Waals surface area contributed by atoms with Crippen molar-refractivity contribution in [2.45, 2.75) is 60.4 Å². The maximum absolute atomic E-state index is 13.8. The summed E-state index contributed by atoms with van der Waals surface area (Å²) in [6.07, 6.45) is 4.69. The number of hydrogen-bond acceptors (Lipinski definition) is 8. The van der Waals surface area contributed by atoms with Gasteiger partial charge >= 0.3 is 0 Å². The number of carbonyl (C=O) groups excluding carboxylic acids is 3. The van der Waals surface area contributed by atoms with E-state index in [0.29, 0.717) is 51.5 Å². The van der Waals surface area contributed by atoms with Crippen LogP contribution < -0.4 is 32.7 Å². The number of amides is 3. The number of aromatic amines is 1. The van der Waals surface area contributed by atoms with Crippen molar-refractivity contribution in [1.29, 1.82) is 0 Å². The number of halogens is 2. The fraction of sp³-hybridized carbons (Fsp3) is 0.312. The minimum atomic E-state index is -1.08. The molecular weight excluding hydrogens is 647 g/mol. The van der Waals surface area contributed by atoms with Crippen molar-refractivity contribution in [3.63, 3.8) is 0 Å².